The first-order valence-corrected chi connectivity index (χ1v) is 19.2. The molecule has 0 fully saturated rings. The number of fused-ring (bicyclic) bond motifs is 5. The Hall–Kier alpha value is -7.17. The predicted octanol–water partition coefficient (Wildman–Crippen LogP) is 11.2. The second kappa shape index (κ2) is 13.9. The third kappa shape index (κ3) is 5.75. The molecule has 7 aromatic carbocycles. The highest BCUT2D eigenvalue weighted by atomic mass is 15.2. The van der Waals surface area contributed by atoms with E-state index in [4.69, 9.17) is 15.0 Å². The van der Waals surface area contributed by atoms with Gasteiger partial charge in [0.05, 0.1) is 11.7 Å². The summed E-state index contributed by atoms with van der Waals surface area (Å²) in [6.45, 7) is 6.16. The highest BCUT2D eigenvalue weighted by Crippen LogP contribution is 2.49. The van der Waals surface area contributed by atoms with Crippen molar-refractivity contribution in [3.8, 4) is 45.3 Å². The molecule has 0 bridgehead atoms. The Morgan fingerprint density at radius 2 is 1.20 bits per heavy atom. The molecule has 10 rings (SSSR count). The van der Waals surface area contributed by atoms with E-state index >= 15 is 0 Å². The molecule has 0 radical (unpaired) electrons. The Morgan fingerprint density at radius 3 is 1.96 bits per heavy atom. The third-order valence-corrected chi connectivity index (χ3v) is 11.1. The monoisotopic (exact) mass is 718 g/mol. The smallest absolute Gasteiger partial charge is 0.164 e. The summed E-state index contributed by atoms with van der Waals surface area (Å²) < 4.78 is 0. The van der Waals surface area contributed by atoms with E-state index in [1.807, 2.05) is 31.2 Å². The molecule has 1 aliphatic heterocycles. The fraction of sp³-hybridized carbons (Fsp3) is 0.0577. The topological polar surface area (TPSA) is 41.9 Å². The highest BCUT2D eigenvalue weighted by Gasteiger charge is 2.38. The van der Waals surface area contributed by atoms with E-state index in [0.29, 0.717) is 17.5 Å². The quantitative estimate of drug-likeness (QED) is 0.165. The van der Waals surface area contributed by atoms with E-state index in [2.05, 4.69) is 175 Å². The van der Waals surface area contributed by atoms with E-state index in [1.54, 1.807) is 0 Å². The van der Waals surface area contributed by atoms with Crippen LogP contribution in [0.1, 0.15) is 29.5 Å². The van der Waals surface area contributed by atoms with E-state index in [1.165, 1.54) is 27.1 Å². The van der Waals surface area contributed by atoms with Crippen molar-refractivity contribution in [2.75, 3.05) is 4.90 Å². The van der Waals surface area contributed by atoms with Crippen LogP contribution in [0.4, 0.5) is 11.4 Å². The lowest BCUT2D eigenvalue weighted by molar-refractivity contribution is 0.804. The maximum atomic E-state index is 5.22. The van der Waals surface area contributed by atoms with Crippen LogP contribution in [0.5, 0.6) is 0 Å². The number of hydrogen-bond acceptors (Lipinski definition) is 4. The average molecular weight is 719 g/mol. The molecule has 266 valence electrons. The van der Waals surface area contributed by atoms with E-state index in [0.717, 1.165) is 50.0 Å². The highest BCUT2D eigenvalue weighted by molar-refractivity contribution is 6.01. The molecule has 0 saturated carbocycles. The minimum Gasteiger partial charge on any atom is -0.333 e. The molecule has 0 N–H and O–H groups in total. The van der Waals surface area contributed by atoms with Gasteiger partial charge >= 0.3 is 0 Å². The van der Waals surface area contributed by atoms with Crippen molar-refractivity contribution in [1.82, 2.24) is 15.0 Å². The fourth-order valence-electron chi connectivity index (χ4n) is 8.50. The van der Waals surface area contributed by atoms with Crippen molar-refractivity contribution < 1.29 is 0 Å². The van der Waals surface area contributed by atoms with Crippen LogP contribution < -0.4 is 15.3 Å². The summed E-state index contributed by atoms with van der Waals surface area (Å²) in [5.41, 5.74) is 11.0. The Balaban J connectivity index is 1.14. The molecule has 4 heteroatoms. The SMILES string of the molecule is C=Cc1c(/C=C\C)cccc1-c1ccc(-c2nc(-c3ccccc3)nc(-c3cc(N4c5ccccc5C5C=c6ccccc6=CC54)c4ccccc4c3)n2)cc1. The molecular formula is C52H38N4. The normalized spacial score (nSPS) is 15.5. The van der Waals surface area contributed by atoms with Crippen LogP contribution >= 0.6 is 0 Å². The van der Waals surface area contributed by atoms with Gasteiger partial charge < -0.3 is 4.90 Å². The van der Waals surface area contributed by atoms with Crippen LogP contribution in [0.2, 0.25) is 0 Å². The predicted molar refractivity (Wildman–Crippen MR) is 234 cm³/mol. The van der Waals surface area contributed by atoms with Crippen LogP contribution in [0.3, 0.4) is 0 Å². The van der Waals surface area contributed by atoms with Gasteiger partial charge in [0.1, 0.15) is 0 Å². The molecular weight excluding hydrogens is 681 g/mol. The molecule has 0 spiro atoms. The Bertz CT molecular complexity index is 2960. The largest absolute Gasteiger partial charge is 0.333 e. The first kappa shape index (κ1) is 33.4. The molecule has 0 amide bonds. The van der Waals surface area contributed by atoms with Gasteiger partial charge in [0.2, 0.25) is 0 Å². The van der Waals surface area contributed by atoms with Crippen LogP contribution in [0.25, 0.3) is 80.4 Å². The number of anilines is 2. The summed E-state index contributed by atoms with van der Waals surface area (Å²) in [5.74, 6) is 2.12. The molecule has 1 aromatic heterocycles. The summed E-state index contributed by atoms with van der Waals surface area (Å²) in [6, 6.07) is 55.9. The summed E-state index contributed by atoms with van der Waals surface area (Å²) >= 11 is 0. The first-order valence-electron chi connectivity index (χ1n) is 19.2. The Kier molecular flexibility index (Phi) is 8.30. The molecule has 0 saturated heterocycles. The van der Waals surface area contributed by atoms with Crippen molar-refractivity contribution in [3.05, 3.63) is 198 Å². The molecule has 2 heterocycles. The van der Waals surface area contributed by atoms with Gasteiger partial charge in [-0.1, -0.05) is 176 Å². The molecule has 1 aliphatic carbocycles. The maximum absolute atomic E-state index is 5.22. The van der Waals surface area contributed by atoms with Crippen LogP contribution in [-0.4, -0.2) is 21.0 Å². The lowest BCUT2D eigenvalue weighted by atomic mass is 9.89. The van der Waals surface area contributed by atoms with Gasteiger partial charge in [0.15, 0.2) is 17.5 Å². The second-order valence-electron chi connectivity index (χ2n) is 14.4. The molecule has 2 unspecified atom stereocenters. The van der Waals surface area contributed by atoms with Crippen molar-refractivity contribution in [1.29, 1.82) is 0 Å². The Labute approximate surface area is 326 Å². The first-order chi connectivity index (χ1) is 27.7. The number of rotatable bonds is 7. The minimum absolute atomic E-state index is 0.119. The van der Waals surface area contributed by atoms with Gasteiger partial charge in [-0.15, -0.1) is 0 Å². The zero-order valence-corrected chi connectivity index (χ0v) is 31.0. The van der Waals surface area contributed by atoms with Gasteiger partial charge in [-0.25, -0.2) is 15.0 Å². The van der Waals surface area contributed by atoms with Gasteiger partial charge in [0.25, 0.3) is 0 Å². The van der Waals surface area contributed by atoms with Crippen molar-refractivity contribution in [2.45, 2.75) is 18.9 Å². The Morgan fingerprint density at radius 1 is 0.554 bits per heavy atom. The molecule has 4 nitrogen and oxygen atoms in total. The van der Waals surface area contributed by atoms with Gasteiger partial charge in [-0.2, -0.15) is 0 Å². The number of aromatic nitrogens is 3. The van der Waals surface area contributed by atoms with Crippen LogP contribution in [0.15, 0.2) is 170 Å². The van der Waals surface area contributed by atoms with E-state index in [9.17, 15) is 0 Å². The number of benzene rings is 7. The van der Waals surface area contributed by atoms with E-state index < -0.39 is 0 Å². The zero-order valence-electron chi connectivity index (χ0n) is 31.0. The lowest BCUT2D eigenvalue weighted by Gasteiger charge is -2.30. The standard InChI is InChI=1S/C52H38N4/c1-3-15-34-21-14-24-43(42(34)4-2)35-26-28-37(29-27-35)51-53-50(36-16-6-5-7-17-36)54-52(55-51)41-30-40-20-10-11-22-44(40)48(33-41)56-47-25-13-12-23-45(47)46-31-38-18-8-9-19-39(38)32-49(46)56/h3-33,46,49H,2H2,1H3/b15-3-. The molecule has 56 heavy (non-hydrogen) atoms. The number of para-hydroxylation sites is 1. The van der Waals surface area contributed by atoms with Crippen molar-refractivity contribution in [2.24, 2.45) is 0 Å². The zero-order chi connectivity index (χ0) is 37.6. The lowest BCUT2D eigenvalue weighted by Crippen LogP contribution is -2.38. The average Bonchev–Trinajstić information content (AvgIpc) is 3.58. The maximum Gasteiger partial charge on any atom is 0.164 e. The minimum atomic E-state index is 0.119. The summed E-state index contributed by atoms with van der Waals surface area (Å²) in [5, 5.41) is 4.86. The van der Waals surface area contributed by atoms with Gasteiger partial charge in [-0.3, -0.25) is 0 Å². The van der Waals surface area contributed by atoms with Crippen LogP contribution in [0, 0.1) is 0 Å². The number of nitrogens with zero attached hydrogens (tertiary/aromatic N) is 4. The number of hydrogen-bond donors (Lipinski definition) is 0. The third-order valence-electron chi connectivity index (χ3n) is 11.1. The second-order valence-corrected chi connectivity index (χ2v) is 14.4. The van der Waals surface area contributed by atoms with Gasteiger partial charge in [-0.05, 0) is 68.8 Å². The molecule has 8 aromatic rings. The molecule has 2 aliphatic rings. The summed E-state index contributed by atoms with van der Waals surface area (Å²) in [4.78, 5) is 18.0. The summed E-state index contributed by atoms with van der Waals surface area (Å²) in [6.07, 6.45) is 11.0. The van der Waals surface area contributed by atoms with Crippen molar-refractivity contribution in [3.63, 3.8) is 0 Å². The van der Waals surface area contributed by atoms with E-state index in [-0.39, 0.29) is 12.0 Å². The fourth-order valence-corrected chi connectivity index (χ4v) is 8.50. The van der Waals surface area contributed by atoms with Crippen molar-refractivity contribution >= 4 is 46.5 Å². The van der Waals surface area contributed by atoms with Crippen LogP contribution in [-0.2, 0) is 0 Å². The summed E-state index contributed by atoms with van der Waals surface area (Å²) in [7, 11) is 0. The molecule has 2 atom stereocenters. The van der Waals surface area contributed by atoms with Gasteiger partial charge in [0, 0.05) is 33.7 Å². The number of allylic oxidation sites excluding steroid dienone is 1.